The number of amides is 2. The van der Waals surface area contributed by atoms with Crippen LogP contribution in [-0.2, 0) is 4.79 Å². The molecule has 1 fully saturated rings. The van der Waals surface area contributed by atoms with Crippen molar-refractivity contribution >= 4 is 22.7 Å². The van der Waals surface area contributed by atoms with Crippen molar-refractivity contribution in [2.24, 2.45) is 0 Å². The maximum Gasteiger partial charge on any atom is 0.273 e. The first kappa shape index (κ1) is 16.3. The molecule has 1 aliphatic heterocycles. The van der Waals surface area contributed by atoms with Gasteiger partial charge in [0.15, 0.2) is 0 Å². The summed E-state index contributed by atoms with van der Waals surface area (Å²) in [6.45, 7) is 0.903. The highest BCUT2D eigenvalue weighted by molar-refractivity contribution is 5.95. The van der Waals surface area contributed by atoms with Gasteiger partial charge in [-0.25, -0.2) is 4.98 Å². The van der Waals surface area contributed by atoms with E-state index in [1.54, 1.807) is 11.0 Å². The number of rotatable bonds is 2. The molecule has 26 heavy (non-hydrogen) atoms. The lowest BCUT2D eigenvalue weighted by molar-refractivity contribution is -0.121. The van der Waals surface area contributed by atoms with Gasteiger partial charge in [-0.2, -0.15) is 0 Å². The van der Waals surface area contributed by atoms with Crippen LogP contribution in [0.2, 0.25) is 0 Å². The van der Waals surface area contributed by atoms with Crippen LogP contribution in [0.25, 0.3) is 10.9 Å². The number of carbonyl (C=O) groups excluding carboxylic acids is 2. The molecule has 5 heteroatoms. The van der Waals surface area contributed by atoms with Gasteiger partial charge < -0.3 is 10.2 Å². The second-order valence-corrected chi connectivity index (χ2v) is 6.37. The molecule has 2 amide bonds. The Bertz CT molecular complexity index is 956. The lowest BCUT2D eigenvalue weighted by atomic mass is 10.0. The van der Waals surface area contributed by atoms with Gasteiger partial charge in [-0.1, -0.05) is 54.6 Å². The number of benzene rings is 2. The van der Waals surface area contributed by atoms with Crippen LogP contribution in [0.1, 0.15) is 28.5 Å². The van der Waals surface area contributed by atoms with Crippen molar-refractivity contribution in [2.75, 3.05) is 13.1 Å². The Hall–Kier alpha value is -3.21. The van der Waals surface area contributed by atoms with Gasteiger partial charge in [-0.3, -0.25) is 9.59 Å². The van der Waals surface area contributed by atoms with Crippen LogP contribution in [0.4, 0.5) is 0 Å². The Morgan fingerprint density at radius 3 is 2.62 bits per heavy atom. The zero-order chi connectivity index (χ0) is 17.9. The minimum atomic E-state index is -0.292. The van der Waals surface area contributed by atoms with Crippen LogP contribution in [0.15, 0.2) is 66.7 Å². The van der Waals surface area contributed by atoms with E-state index in [2.05, 4.69) is 10.3 Å². The molecule has 1 saturated heterocycles. The Balaban J connectivity index is 1.71. The highest BCUT2D eigenvalue weighted by atomic mass is 16.2. The van der Waals surface area contributed by atoms with E-state index in [-0.39, 0.29) is 24.3 Å². The predicted molar refractivity (Wildman–Crippen MR) is 99.6 cm³/mol. The SMILES string of the molecule is O=C1CC(c2ccccc2)N(C(=O)c2ccc3ccccc3n2)CCN1. The summed E-state index contributed by atoms with van der Waals surface area (Å²) in [4.78, 5) is 31.6. The summed E-state index contributed by atoms with van der Waals surface area (Å²) < 4.78 is 0. The van der Waals surface area contributed by atoms with Gasteiger partial charge in [-0.15, -0.1) is 0 Å². The zero-order valence-corrected chi connectivity index (χ0v) is 14.3. The Morgan fingerprint density at radius 1 is 1.00 bits per heavy atom. The monoisotopic (exact) mass is 345 g/mol. The first-order chi connectivity index (χ1) is 12.7. The third-order valence-electron chi connectivity index (χ3n) is 4.69. The third kappa shape index (κ3) is 3.16. The molecule has 1 aromatic heterocycles. The van der Waals surface area contributed by atoms with Gasteiger partial charge in [-0.05, 0) is 17.7 Å². The maximum atomic E-state index is 13.2. The van der Waals surface area contributed by atoms with Crippen LogP contribution in [0, 0.1) is 0 Å². The molecule has 4 rings (SSSR count). The molecule has 3 aromatic rings. The molecule has 0 saturated carbocycles. The maximum absolute atomic E-state index is 13.2. The summed E-state index contributed by atoms with van der Waals surface area (Å²) in [6.07, 6.45) is 0.253. The number of para-hydroxylation sites is 1. The lowest BCUT2D eigenvalue weighted by Gasteiger charge is -2.29. The van der Waals surface area contributed by atoms with Crippen molar-refractivity contribution in [3.8, 4) is 0 Å². The standard InChI is InChI=1S/C21H19N3O2/c25-20-14-19(16-7-2-1-3-8-16)24(13-12-22-20)21(26)18-11-10-15-6-4-5-9-17(15)23-18/h1-11,19H,12-14H2,(H,22,25). The van der Waals surface area contributed by atoms with E-state index in [0.29, 0.717) is 18.8 Å². The van der Waals surface area contributed by atoms with E-state index in [1.165, 1.54) is 0 Å². The summed E-state index contributed by atoms with van der Waals surface area (Å²) in [6, 6.07) is 20.8. The molecule has 2 heterocycles. The Kier molecular flexibility index (Phi) is 4.35. The molecule has 0 radical (unpaired) electrons. The second-order valence-electron chi connectivity index (χ2n) is 6.37. The summed E-state index contributed by atoms with van der Waals surface area (Å²) in [5.41, 5.74) is 2.15. The van der Waals surface area contributed by atoms with Crippen molar-refractivity contribution in [1.29, 1.82) is 0 Å². The third-order valence-corrected chi connectivity index (χ3v) is 4.69. The van der Waals surface area contributed by atoms with Gasteiger partial charge in [0.25, 0.3) is 5.91 Å². The first-order valence-electron chi connectivity index (χ1n) is 8.71. The van der Waals surface area contributed by atoms with Crippen molar-refractivity contribution in [1.82, 2.24) is 15.2 Å². The summed E-state index contributed by atoms with van der Waals surface area (Å²) in [5, 5.41) is 3.85. The molecule has 1 unspecified atom stereocenters. The number of nitrogens with zero attached hydrogens (tertiary/aromatic N) is 2. The molecule has 5 nitrogen and oxygen atoms in total. The fourth-order valence-corrected chi connectivity index (χ4v) is 3.38. The van der Waals surface area contributed by atoms with Gasteiger partial charge in [0.2, 0.25) is 5.91 Å². The highest BCUT2D eigenvalue weighted by Gasteiger charge is 2.30. The molecule has 1 aliphatic rings. The van der Waals surface area contributed by atoms with E-state index in [0.717, 1.165) is 16.5 Å². The molecular formula is C21H19N3O2. The molecule has 2 aromatic carbocycles. The number of hydrogen-bond acceptors (Lipinski definition) is 3. The normalized spacial score (nSPS) is 17.6. The molecule has 1 N–H and O–H groups in total. The minimum Gasteiger partial charge on any atom is -0.354 e. The van der Waals surface area contributed by atoms with E-state index in [9.17, 15) is 9.59 Å². The van der Waals surface area contributed by atoms with Crippen LogP contribution in [-0.4, -0.2) is 34.8 Å². The highest BCUT2D eigenvalue weighted by Crippen LogP contribution is 2.27. The fraction of sp³-hybridized carbons (Fsp3) is 0.190. The average molecular weight is 345 g/mol. The van der Waals surface area contributed by atoms with E-state index in [1.807, 2.05) is 60.7 Å². The summed E-state index contributed by atoms with van der Waals surface area (Å²) in [7, 11) is 0. The van der Waals surface area contributed by atoms with Crippen LogP contribution in [0.3, 0.4) is 0 Å². The molecule has 0 bridgehead atoms. The van der Waals surface area contributed by atoms with Gasteiger partial charge >= 0.3 is 0 Å². The van der Waals surface area contributed by atoms with Crippen molar-refractivity contribution in [3.63, 3.8) is 0 Å². The second kappa shape index (κ2) is 6.96. The van der Waals surface area contributed by atoms with E-state index in [4.69, 9.17) is 0 Å². The minimum absolute atomic E-state index is 0.0411. The van der Waals surface area contributed by atoms with E-state index >= 15 is 0 Å². The van der Waals surface area contributed by atoms with Crippen LogP contribution < -0.4 is 5.32 Å². The Labute approximate surface area is 151 Å². The average Bonchev–Trinajstić information content (AvgIpc) is 2.89. The van der Waals surface area contributed by atoms with Crippen molar-refractivity contribution in [2.45, 2.75) is 12.5 Å². The molecular weight excluding hydrogens is 326 g/mol. The molecule has 1 atom stereocenters. The first-order valence-corrected chi connectivity index (χ1v) is 8.71. The van der Waals surface area contributed by atoms with Gasteiger partial charge in [0, 0.05) is 18.5 Å². The number of hydrogen-bond donors (Lipinski definition) is 1. The summed E-state index contributed by atoms with van der Waals surface area (Å²) >= 11 is 0. The zero-order valence-electron chi connectivity index (χ0n) is 14.3. The Morgan fingerprint density at radius 2 is 1.77 bits per heavy atom. The van der Waals surface area contributed by atoms with E-state index < -0.39 is 0 Å². The van der Waals surface area contributed by atoms with Crippen molar-refractivity contribution in [3.05, 3.63) is 78.0 Å². The van der Waals surface area contributed by atoms with Crippen molar-refractivity contribution < 1.29 is 9.59 Å². The topological polar surface area (TPSA) is 62.3 Å². The molecule has 0 spiro atoms. The summed E-state index contributed by atoms with van der Waals surface area (Å²) in [5.74, 6) is -0.193. The lowest BCUT2D eigenvalue weighted by Crippen LogP contribution is -2.37. The number of aromatic nitrogens is 1. The fourth-order valence-electron chi connectivity index (χ4n) is 3.38. The van der Waals surface area contributed by atoms with Crippen LogP contribution in [0.5, 0.6) is 0 Å². The van der Waals surface area contributed by atoms with Gasteiger partial charge in [0.1, 0.15) is 5.69 Å². The number of fused-ring (bicyclic) bond motifs is 1. The van der Waals surface area contributed by atoms with Crippen LogP contribution >= 0.6 is 0 Å². The molecule has 0 aliphatic carbocycles. The predicted octanol–water partition coefficient (Wildman–Crippen LogP) is 2.94. The number of nitrogens with one attached hydrogen (secondary N) is 1. The smallest absolute Gasteiger partial charge is 0.273 e. The largest absolute Gasteiger partial charge is 0.354 e. The number of carbonyl (C=O) groups is 2. The quantitative estimate of drug-likeness (QED) is 0.777. The molecule has 130 valence electrons. The van der Waals surface area contributed by atoms with Gasteiger partial charge in [0.05, 0.1) is 18.0 Å². The number of pyridine rings is 1.